The van der Waals surface area contributed by atoms with Crippen LogP contribution in [0.1, 0.15) is 29.6 Å². The molecule has 2 heterocycles. The van der Waals surface area contributed by atoms with Gasteiger partial charge in [-0.3, -0.25) is 14.8 Å². The van der Waals surface area contributed by atoms with Gasteiger partial charge in [0.1, 0.15) is 0 Å². The maximum atomic E-state index is 12.3. The average Bonchev–Trinajstić information content (AvgIpc) is 2.77. The van der Waals surface area contributed by atoms with Crippen LogP contribution in [0.4, 0.5) is 0 Å². The molecule has 0 saturated carbocycles. The van der Waals surface area contributed by atoms with E-state index in [-0.39, 0.29) is 12.5 Å². The molecule has 1 amide bonds. The quantitative estimate of drug-likeness (QED) is 0.783. The molecule has 1 unspecified atom stereocenters. The van der Waals surface area contributed by atoms with E-state index in [4.69, 9.17) is 0 Å². The third kappa shape index (κ3) is 3.40. The average molecular weight is 300 g/mol. The SMILES string of the molecule is O=C(NCC1(O)CCCNCC1)c1ccc2nccnc2c1. The number of nitrogens with zero attached hydrogens (tertiary/aromatic N) is 2. The molecular weight excluding hydrogens is 280 g/mol. The lowest BCUT2D eigenvalue weighted by Gasteiger charge is -2.26. The lowest BCUT2D eigenvalue weighted by Crippen LogP contribution is -2.43. The number of carbonyl (C=O) groups excluding carboxylic acids is 1. The van der Waals surface area contributed by atoms with Gasteiger partial charge in [0.2, 0.25) is 0 Å². The third-order valence-corrected chi connectivity index (χ3v) is 4.07. The Bertz CT molecular complexity index is 666. The van der Waals surface area contributed by atoms with Gasteiger partial charge < -0.3 is 15.7 Å². The van der Waals surface area contributed by atoms with Crippen molar-refractivity contribution in [1.29, 1.82) is 0 Å². The number of rotatable bonds is 3. The highest BCUT2D eigenvalue weighted by Gasteiger charge is 2.28. The Hall–Kier alpha value is -2.05. The first-order valence-corrected chi connectivity index (χ1v) is 7.58. The second-order valence-corrected chi connectivity index (χ2v) is 5.77. The highest BCUT2D eigenvalue weighted by molar-refractivity contribution is 5.97. The number of aliphatic hydroxyl groups is 1. The number of hydrogen-bond acceptors (Lipinski definition) is 5. The van der Waals surface area contributed by atoms with Gasteiger partial charge in [-0.2, -0.15) is 0 Å². The Morgan fingerprint density at radius 2 is 2.05 bits per heavy atom. The van der Waals surface area contributed by atoms with E-state index < -0.39 is 5.60 Å². The molecule has 0 aliphatic carbocycles. The molecule has 1 fully saturated rings. The Kier molecular flexibility index (Phi) is 4.31. The highest BCUT2D eigenvalue weighted by Crippen LogP contribution is 2.18. The van der Waals surface area contributed by atoms with Gasteiger partial charge in [-0.15, -0.1) is 0 Å². The van der Waals surface area contributed by atoms with Crippen LogP contribution in [0.2, 0.25) is 0 Å². The number of carbonyl (C=O) groups is 1. The van der Waals surface area contributed by atoms with E-state index in [1.807, 2.05) is 0 Å². The van der Waals surface area contributed by atoms with Gasteiger partial charge in [-0.1, -0.05) is 0 Å². The minimum atomic E-state index is -0.824. The molecule has 116 valence electrons. The molecule has 3 N–H and O–H groups in total. The Balaban J connectivity index is 1.67. The molecule has 0 spiro atoms. The van der Waals surface area contributed by atoms with Crippen LogP contribution in [0.15, 0.2) is 30.6 Å². The lowest BCUT2D eigenvalue weighted by molar-refractivity contribution is 0.0276. The van der Waals surface area contributed by atoms with E-state index in [1.165, 1.54) is 0 Å². The molecule has 6 nitrogen and oxygen atoms in total. The van der Waals surface area contributed by atoms with Crippen molar-refractivity contribution in [3.63, 3.8) is 0 Å². The predicted octanol–water partition coefficient (Wildman–Crippen LogP) is 0.864. The topological polar surface area (TPSA) is 87.1 Å². The second kappa shape index (κ2) is 6.37. The summed E-state index contributed by atoms with van der Waals surface area (Å²) in [4.78, 5) is 20.7. The van der Waals surface area contributed by atoms with Crippen LogP contribution in [-0.4, -0.2) is 46.2 Å². The number of hydrogen-bond donors (Lipinski definition) is 3. The zero-order valence-corrected chi connectivity index (χ0v) is 12.4. The summed E-state index contributed by atoms with van der Waals surface area (Å²) in [6.07, 6.45) is 5.49. The Morgan fingerprint density at radius 1 is 1.23 bits per heavy atom. The normalized spacial score (nSPS) is 22.2. The summed E-state index contributed by atoms with van der Waals surface area (Å²) in [5.74, 6) is -0.196. The van der Waals surface area contributed by atoms with Crippen molar-refractivity contribution < 1.29 is 9.90 Å². The number of aromatic nitrogens is 2. The van der Waals surface area contributed by atoms with Gasteiger partial charge in [0, 0.05) is 24.5 Å². The summed E-state index contributed by atoms with van der Waals surface area (Å²) >= 11 is 0. The van der Waals surface area contributed by atoms with Gasteiger partial charge in [0.05, 0.1) is 16.6 Å². The van der Waals surface area contributed by atoms with Crippen molar-refractivity contribution in [1.82, 2.24) is 20.6 Å². The molecule has 0 radical (unpaired) electrons. The first kappa shape index (κ1) is 14.9. The minimum absolute atomic E-state index is 0.196. The first-order valence-electron chi connectivity index (χ1n) is 7.58. The molecule has 22 heavy (non-hydrogen) atoms. The van der Waals surface area contributed by atoms with E-state index in [0.717, 1.165) is 25.0 Å². The standard InChI is InChI=1S/C16H20N4O2/c21-15(20-11-16(22)4-1-6-17-7-5-16)12-2-3-13-14(10-12)19-9-8-18-13/h2-3,8-10,17,22H,1,4-7,11H2,(H,20,21). The van der Waals surface area contributed by atoms with Crippen LogP contribution < -0.4 is 10.6 Å². The maximum Gasteiger partial charge on any atom is 0.251 e. The van der Waals surface area contributed by atoms with Crippen LogP contribution in [0.5, 0.6) is 0 Å². The van der Waals surface area contributed by atoms with Crippen molar-refractivity contribution in [2.24, 2.45) is 0 Å². The fourth-order valence-electron chi connectivity index (χ4n) is 2.74. The highest BCUT2D eigenvalue weighted by atomic mass is 16.3. The van der Waals surface area contributed by atoms with Crippen LogP contribution in [-0.2, 0) is 0 Å². The molecule has 1 saturated heterocycles. The molecule has 1 aromatic carbocycles. The Labute approximate surface area is 129 Å². The van der Waals surface area contributed by atoms with E-state index in [2.05, 4.69) is 20.6 Å². The number of amides is 1. The van der Waals surface area contributed by atoms with Crippen molar-refractivity contribution in [3.8, 4) is 0 Å². The summed E-state index contributed by atoms with van der Waals surface area (Å²) < 4.78 is 0. The molecule has 1 aliphatic rings. The van der Waals surface area contributed by atoms with Crippen molar-refractivity contribution in [2.75, 3.05) is 19.6 Å². The van der Waals surface area contributed by atoms with Crippen molar-refractivity contribution in [2.45, 2.75) is 24.9 Å². The van der Waals surface area contributed by atoms with Gasteiger partial charge in [0.15, 0.2) is 0 Å². The first-order chi connectivity index (χ1) is 10.7. The minimum Gasteiger partial charge on any atom is -0.388 e. The van der Waals surface area contributed by atoms with Gasteiger partial charge in [-0.05, 0) is 50.6 Å². The molecule has 1 aliphatic heterocycles. The molecule has 2 aromatic rings. The zero-order chi connectivity index (χ0) is 15.4. The summed E-state index contributed by atoms with van der Waals surface area (Å²) in [6.45, 7) is 1.96. The van der Waals surface area contributed by atoms with Crippen molar-refractivity contribution in [3.05, 3.63) is 36.2 Å². The van der Waals surface area contributed by atoms with Gasteiger partial charge in [0.25, 0.3) is 5.91 Å². The zero-order valence-electron chi connectivity index (χ0n) is 12.4. The molecule has 1 aromatic heterocycles. The van der Waals surface area contributed by atoms with Crippen molar-refractivity contribution >= 4 is 16.9 Å². The Morgan fingerprint density at radius 3 is 2.91 bits per heavy atom. The van der Waals surface area contributed by atoms with E-state index in [9.17, 15) is 9.90 Å². The monoisotopic (exact) mass is 300 g/mol. The smallest absolute Gasteiger partial charge is 0.251 e. The van der Waals surface area contributed by atoms with E-state index >= 15 is 0 Å². The second-order valence-electron chi connectivity index (χ2n) is 5.77. The molecule has 6 heteroatoms. The lowest BCUT2D eigenvalue weighted by atomic mass is 9.95. The third-order valence-electron chi connectivity index (χ3n) is 4.07. The number of benzene rings is 1. The molecular formula is C16H20N4O2. The fourth-order valence-corrected chi connectivity index (χ4v) is 2.74. The molecule has 3 rings (SSSR count). The summed E-state index contributed by atoms with van der Waals surface area (Å²) in [5, 5.41) is 16.6. The summed E-state index contributed by atoms with van der Waals surface area (Å²) in [5.41, 5.74) is 1.15. The van der Waals surface area contributed by atoms with Crippen LogP contribution >= 0.6 is 0 Å². The summed E-state index contributed by atoms with van der Waals surface area (Å²) in [7, 11) is 0. The van der Waals surface area contributed by atoms with Crippen LogP contribution in [0, 0.1) is 0 Å². The van der Waals surface area contributed by atoms with Gasteiger partial charge in [-0.25, -0.2) is 0 Å². The van der Waals surface area contributed by atoms with Crippen LogP contribution in [0.25, 0.3) is 11.0 Å². The van der Waals surface area contributed by atoms with E-state index in [0.29, 0.717) is 23.9 Å². The number of fused-ring (bicyclic) bond motifs is 1. The van der Waals surface area contributed by atoms with Gasteiger partial charge >= 0.3 is 0 Å². The van der Waals surface area contributed by atoms with Crippen LogP contribution in [0.3, 0.4) is 0 Å². The summed E-state index contributed by atoms with van der Waals surface area (Å²) in [6, 6.07) is 5.23. The fraction of sp³-hybridized carbons (Fsp3) is 0.438. The largest absolute Gasteiger partial charge is 0.388 e. The number of nitrogens with one attached hydrogen (secondary N) is 2. The molecule has 1 atom stereocenters. The molecule has 0 bridgehead atoms. The predicted molar refractivity (Wildman–Crippen MR) is 83.5 cm³/mol. The van der Waals surface area contributed by atoms with E-state index in [1.54, 1.807) is 30.6 Å². The maximum absolute atomic E-state index is 12.3.